The van der Waals surface area contributed by atoms with Crippen molar-refractivity contribution in [3.8, 4) is 5.69 Å². The third kappa shape index (κ3) is 4.19. The number of aromatic carboxylic acids is 1. The molecule has 4 rings (SSSR count). The highest BCUT2D eigenvalue weighted by Gasteiger charge is 2.42. The maximum Gasteiger partial charge on any atom is 0.335 e. The lowest BCUT2D eigenvalue weighted by atomic mass is 10.0. The van der Waals surface area contributed by atoms with E-state index in [9.17, 15) is 14.7 Å². The predicted molar refractivity (Wildman–Crippen MR) is 122 cm³/mol. The van der Waals surface area contributed by atoms with Crippen molar-refractivity contribution < 1.29 is 19.4 Å². The van der Waals surface area contributed by atoms with Crippen LogP contribution in [0.4, 0.5) is 0 Å². The molecule has 3 aromatic rings. The molecule has 1 fully saturated rings. The monoisotopic (exact) mass is 450 g/mol. The lowest BCUT2D eigenvalue weighted by Crippen LogP contribution is -2.36. The number of hydrogen-bond donors (Lipinski definition) is 2. The van der Waals surface area contributed by atoms with E-state index in [2.05, 4.69) is 10.3 Å². The Bertz CT molecular complexity index is 1130. The summed E-state index contributed by atoms with van der Waals surface area (Å²) >= 11 is 5.58. The van der Waals surface area contributed by atoms with Gasteiger partial charge in [-0.2, -0.15) is 0 Å². The number of rotatable bonds is 7. The minimum absolute atomic E-state index is 0.00317. The molecule has 0 saturated carbocycles. The van der Waals surface area contributed by atoms with Gasteiger partial charge in [-0.3, -0.25) is 9.78 Å². The van der Waals surface area contributed by atoms with Crippen molar-refractivity contribution in [3.63, 3.8) is 0 Å². The molecule has 32 heavy (non-hydrogen) atoms. The number of carbonyl (C=O) groups excluding carboxylic acids is 1. The van der Waals surface area contributed by atoms with Gasteiger partial charge in [-0.1, -0.05) is 6.07 Å². The van der Waals surface area contributed by atoms with Gasteiger partial charge in [0.1, 0.15) is 6.54 Å². The highest BCUT2D eigenvalue weighted by molar-refractivity contribution is 7.80. The first-order chi connectivity index (χ1) is 15.5. The average molecular weight is 451 g/mol. The third-order valence-electron chi connectivity index (χ3n) is 5.28. The first-order valence-electron chi connectivity index (χ1n) is 10.1. The van der Waals surface area contributed by atoms with Crippen LogP contribution in [0.5, 0.6) is 0 Å². The van der Waals surface area contributed by atoms with E-state index in [1.54, 1.807) is 37.4 Å². The molecular formula is C23H22N4O4S. The molecule has 0 unspecified atom stereocenters. The number of carboxylic acids is 1. The molecule has 9 heteroatoms. The number of nitrogens with one attached hydrogen (secondary N) is 1. The fourth-order valence-electron chi connectivity index (χ4n) is 3.88. The summed E-state index contributed by atoms with van der Waals surface area (Å²) in [4.78, 5) is 29.9. The minimum Gasteiger partial charge on any atom is -0.478 e. The van der Waals surface area contributed by atoms with E-state index in [0.29, 0.717) is 5.11 Å². The van der Waals surface area contributed by atoms with E-state index < -0.39 is 5.97 Å². The van der Waals surface area contributed by atoms with Crippen molar-refractivity contribution >= 4 is 29.3 Å². The zero-order chi connectivity index (χ0) is 22.7. The Balaban J connectivity index is 1.76. The third-order valence-corrected chi connectivity index (χ3v) is 5.63. The van der Waals surface area contributed by atoms with E-state index in [0.717, 1.165) is 17.1 Å². The van der Waals surface area contributed by atoms with Gasteiger partial charge >= 0.3 is 11.9 Å². The number of nitrogens with zero attached hydrogens (tertiary/aromatic N) is 3. The van der Waals surface area contributed by atoms with Gasteiger partial charge in [0.15, 0.2) is 5.11 Å². The van der Waals surface area contributed by atoms with Gasteiger partial charge in [0.05, 0.1) is 29.9 Å². The van der Waals surface area contributed by atoms with Crippen LogP contribution in [0.2, 0.25) is 0 Å². The quantitative estimate of drug-likeness (QED) is 0.419. The van der Waals surface area contributed by atoms with Crippen LogP contribution in [0.25, 0.3) is 5.69 Å². The van der Waals surface area contributed by atoms with Crippen LogP contribution < -0.4 is 5.32 Å². The van der Waals surface area contributed by atoms with Gasteiger partial charge < -0.3 is 24.6 Å². The van der Waals surface area contributed by atoms with E-state index >= 15 is 0 Å². The Kier molecular flexibility index (Phi) is 6.18. The summed E-state index contributed by atoms with van der Waals surface area (Å²) in [5, 5.41) is 12.9. The van der Waals surface area contributed by atoms with Gasteiger partial charge in [-0.25, -0.2) is 4.79 Å². The maximum absolute atomic E-state index is 12.3. The fraction of sp³-hybridized carbons (Fsp3) is 0.217. The van der Waals surface area contributed by atoms with Gasteiger partial charge in [0, 0.05) is 23.8 Å². The molecule has 3 heterocycles. The topological polar surface area (TPSA) is 96.7 Å². The van der Waals surface area contributed by atoms with Crippen LogP contribution in [0.1, 0.15) is 40.8 Å². The van der Waals surface area contributed by atoms with E-state index in [1.165, 1.54) is 0 Å². The first-order valence-corrected chi connectivity index (χ1v) is 10.5. The highest BCUT2D eigenvalue weighted by atomic mass is 32.1. The van der Waals surface area contributed by atoms with Crippen molar-refractivity contribution in [1.29, 1.82) is 0 Å². The molecule has 1 saturated heterocycles. The van der Waals surface area contributed by atoms with Crippen molar-refractivity contribution in [3.05, 3.63) is 83.9 Å². The molecule has 164 valence electrons. The lowest BCUT2D eigenvalue weighted by Gasteiger charge is -2.28. The van der Waals surface area contributed by atoms with Crippen LogP contribution in [0.3, 0.4) is 0 Å². The minimum atomic E-state index is -0.981. The number of carbonyl (C=O) groups is 2. The van der Waals surface area contributed by atoms with Crippen LogP contribution in [0.15, 0.2) is 67.0 Å². The van der Waals surface area contributed by atoms with Gasteiger partial charge in [0.2, 0.25) is 0 Å². The van der Waals surface area contributed by atoms with E-state index in [-0.39, 0.29) is 36.8 Å². The Morgan fingerprint density at radius 2 is 1.94 bits per heavy atom. The highest BCUT2D eigenvalue weighted by Crippen LogP contribution is 2.39. The lowest BCUT2D eigenvalue weighted by molar-refractivity contribution is -0.143. The molecule has 1 aromatic carbocycles. The molecule has 0 amide bonds. The Hall–Kier alpha value is -3.72. The van der Waals surface area contributed by atoms with Crippen molar-refractivity contribution in [2.24, 2.45) is 0 Å². The molecule has 2 N–H and O–H groups in total. The molecule has 0 bridgehead atoms. The zero-order valence-corrected chi connectivity index (χ0v) is 18.2. The summed E-state index contributed by atoms with van der Waals surface area (Å²) in [7, 11) is 0. The number of aromatic nitrogens is 2. The Morgan fingerprint density at radius 3 is 2.59 bits per heavy atom. The largest absolute Gasteiger partial charge is 0.478 e. The average Bonchev–Trinajstić information content (AvgIpc) is 3.39. The molecule has 1 aliphatic rings. The van der Waals surface area contributed by atoms with Gasteiger partial charge in [-0.05, 0) is 67.7 Å². The summed E-state index contributed by atoms with van der Waals surface area (Å²) in [6, 6.07) is 15.5. The smallest absolute Gasteiger partial charge is 0.335 e. The summed E-state index contributed by atoms with van der Waals surface area (Å²) in [6.45, 7) is 2.04. The van der Waals surface area contributed by atoms with Gasteiger partial charge in [-0.15, -0.1) is 0 Å². The SMILES string of the molecule is CCOC(=O)CN1C(=S)N[C@@H](c2ccccn2)[C@H]1c1cccn1-c1ccc(C(=O)O)cc1. The molecule has 8 nitrogen and oxygen atoms in total. The molecule has 2 atom stereocenters. The Morgan fingerprint density at radius 1 is 1.16 bits per heavy atom. The van der Waals surface area contributed by atoms with Crippen LogP contribution in [-0.4, -0.2) is 49.8 Å². The predicted octanol–water partition coefficient (Wildman–Crippen LogP) is 3.11. The maximum atomic E-state index is 12.3. The van der Waals surface area contributed by atoms with E-state index in [1.807, 2.05) is 46.0 Å². The van der Waals surface area contributed by atoms with Crippen molar-refractivity contribution in [2.45, 2.75) is 19.0 Å². The summed E-state index contributed by atoms with van der Waals surface area (Å²) in [6.07, 6.45) is 3.61. The molecule has 0 radical (unpaired) electrons. The molecular weight excluding hydrogens is 428 g/mol. The summed E-state index contributed by atoms with van der Waals surface area (Å²) in [5.41, 5.74) is 2.67. The van der Waals surface area contributed by atoms with Gasteiger partial charge in [0.25, 0.3) is 0 Å². The van der Waals surface area contributed by atoms with Crippen LogP contribution in [0, 0.1) is 0 Å². The number of pyridine rings is 1. The number of carboxylic acid groups (broad SMARTS) is 1. The fourth-order valence-corrected chi connectivity index (χ4v) is 4.18. The molecule has 2 aromatic heterocycles. The molecule has 1 aliphatic heterocycles. The first kappa shape index (κ1) is 21.5. The second kappa shape index (κ2) is 9.19. The van der Waals surface area contributed by atoms with Crippen LogP contribution in [-0.2, 0) is 9.53 Å². The number of ether oxygens (including phenoxy) is 1. The zero-order valence-electron chi connectivity index (χ0n) is 17.3. The number of hydrogen-bond acceptors (Lipinski definition) is 5. The number of benzene rings is 1. The normalized spacial score (nSPS) is 17.8. The molecule has 0 spiro atoms. The number of esters is 1. The second-order valence-corrected chi connectivity index (χ2v) is 7.60. The molecule has 0 aliphatic carbocycles. The Labute approximate surface area is 190 Å². The van der Waals surface area contributed by atoms with Crippen molar-refractivity contribution in [1.82, 2.24) is 19.8 Å². The standard InChI is InChI=1S/C23H22N4O4S/c1-2-31-19(28)14-27-21(20(25-23(27)32)17-6-3-4-12-24-17)18-7-5-13-26(18)16-10-8-15(9-11-16)22(29)30/h3-13,20-21H,2,14H2,1H3,(H,25,32)(H,29,30)/t20-,21+/m0/s1. The number of thiocarbonyl (C=S) groups is 1. The van der Waals surface area contributed by atoms with E-state index in [4.69, 9.17) is 17.0 Å². The second-order valence-electron chi connectivity index (χ2n) is 7.21. The summed E-state index contributed by atoms with van der Waals surface area (Å²) < 4.78 is 7.12. The van der Waals surface area contributed by atoms with Crippen molar-refractivity contribution in [2.75, 3.05) is 13.2 Å². The summed E-state index contributed by atoms with van der Waals surface area (Å²) in [5.74, 6) is -1.35. The van der Waals surface area contributed by atoms with Crippen LogP contribution >= 0.6 is 12.2 Å².